The summed E-state index contributed by atoms with van der Waals surface area (Å²) in [5.74, 6) is 0. The van der Waals surface area contributed by atoms with Gasteiger partial charge in [0.2, 0.25) is 0 Å². The normalized spacial score (nSPS) is 13.1. The zero-order chi connectivity index (χ0) is 11.3. The van der Waals surface area contributed by atoms with Crippen LogP contribution < -0.4 is 5.32 Å². The third-order valence-electron chi connectivity index (χ3n) is 2.38. The second kappa shape index (κ2) is 5.88. The molecule has 1 aromatic heterocycles. The van der Waals surface area contributed by atoms with Crippen molar-refractivity contribution in [3.05, 3.63) is 17.5 Å². The maximum absolute atomic E-state index is 9.10. The van der Waals surface area contributed by atoms with Gasteiger partial charge in [0.15, 0.2) is 0 Å². The molecule has 2 N–H and O–H groups in total. The average molecular weight is 211 g/mol. The largest absolute Gasteiger partial charge is 0.393 e. The Bertz CT molecular complexity index is 294. The monoisotopic (exact) mass is 211 g/mol. The maximum atomic E-state index is 9.10. The fourth-order valence-electron chi connectivity index (χ4n) is 1.56. The third kappa shape index (κ3) is 4.01. The number of aryl methyl sites for hydroxylation is 2. The highest BCUT2D eigenvalue weighted by Gasteiger charge is 2.04. The molecule has 1 aromatic rings. The Kier molecular flexibility index (Phi) is 4.78. The molecule has 0 fully saturated rings. The molecule has 0 amide bonds. The quantitative estimate of drug-likeness (QED) is 0.686. The minimum Gasteiger partial charge on any atom is -0.393 e. The summed E-state index contributed by atoms with van der Waals surface area (Å²) in [6.45, 7) is 5.60. The van der Waals surface area contributed by atoms with E-state index in [4.69, 9.17) is 5.11 Å². The molecular weight excluding hydrogens is 190 g/mol. The van der Waals surface area contributed by atoms with E-state index in [0.29, 0.717) is 0 Å². The molecule has 1 heterocycles. The summed E-state index contributed by atoms with van der Waals surface area (Å²) >= 11 is 0. The molecule has 86 valence electrons. The van der Waals surface area contributed by atoms with Gasteiger partial charge in [-0.25, -0.2) is 0 Å². The lowest BCUT2D eigenvalue weighted by Gasteiger charge is -2.05. The summed E-state index contributed by atoms with van der Waals surface area (Å²) in [5.41, 5.74) is 2.41. The molecule has 0 aliphatic carbocycles. The van der Waals surface area contributed by atoms with Crippen molar-refractivity contribution in [3.8, 4) is 0 Å². The SMILES string of the molecule is CCc1nn(C)cc1CNCCC(C)O. The molecule has 0 bridgehead atoms. The van der Waals surface area contributed by atoms with E-state index in [-0.39, 0.29) is 6.10 Å². The predicted octanol–water partition coefficient (Wildman–Crippen LogP) is 0.843. The van der Waals surface area contributed by atoms with Crippen molar-refractivity contribution >= 4 is 0 Å². The van der Waals surface area contributed by atoms with Gasteiger partial charge in [-0.05, 0) is 26.3 Å². The second-order valence-electron chi connectivity index (χ2n) is 3.94. The van der Waals surface area contributed by atoms with Crippen molar-refractivity contribution in [2.24, 2.45) is 7.05 Å². The van der Waals surface area contributed by atoms with E-state index in [1.54, 1.807) is 0 Å². The van der Waals surface area contributed by atoms with Crippen molar-refractivity contribution in [1.82, 2.24) is 15.1 Å². The van der Waals surface area contributed by atoms with Crippen molar-refractivity contribution in [2.75, 3.05) is 6.54 Å². The molecule has 1 rings (SSSR count). The predicted molar refractivity (Wildman–Crippen MR) is 60.6 cm³/mol. The van der Waals surface area contributed by atoms with Crippen LogP contribution in [-0.2, 0) is 20.0 Å². The minimum absolute atomic E-state index is 0.225. The molecule has 4 heteroatoms. The molecule has 0 aliphatic heterocycles. The highest BCUT2D eigenvalue weighted by molar-refractivity contribution is 5.16. The van der Waals surface area contributed by atoms with Gasteiger partial charge in [0.05, 0.1) is 11.8 Å². The van der Waals surface area contributed by atoms with Gasteiger partial charge in [-0.3, -0.25) is 4.68 Å². The van der Waals surface area contributed by atoms with E-state index in [1.165, 1.54) is 5.56 Å². The van der Waals surface area contributed by atoms with Gasteiger partial charge in [0.25, 0.3) is 0 Å². The first-order valence-corrected chi connectivity index (χ1v) is 5.53. The van der Waals surface area contributed by atoms with E-state index < -0.39 is 0 Å². The van der Waals surface area contributed by atoms with Gasteiger partial charge in [-0.15, -0.1) is 0 Å². The first-order chi connectivity index (χ1) is 7.13. The fourth-order valence-corrected chi connectivity index (χ4v) is 1.56. The summed E-state index contributed by atoms with van der Waals surface area (Å²) < 4.78 is 1.85. The average Bonchev–Trinajstić information content (AvgIpc) is 2.53. The van der Waals surface area contributed by atoms with E-state index >= 15 is 0 Å². The standard InChI is InChI=1S/C11H21N3O/c1-4-11-10(8-14(3)13-11)7-12-6-5-9(2)15/h8-9,12,15H,4-7H2,1-3H3. The molecule has 0 aromatic carbocycles. The molecule has 15 heavy (non-hydrogen) atoms. The molecule has 0 saturated heterocycles. The van der Waals surface area contributed by atoms with Crippen LogP contribution in [0.1, 0.15) is 31.5 Å². The van der Waals surface area contributed by atoms with Crippen LogP contribution in [0.2, 0.25) is 0 Å². The smallest absolute Gasteiger partial charge is 0.0666 e. The fraction of sp³-hybridized carbons (Fsp3) is 0.727. The second-order valence-corrected chi connectivity index (χ2v) is 3.94. The molecule has 1 unspecified atom stereocenters. The lowest BCUT2D eigenvalue weighted by atomic mass is 10.2. The number of nitrogens with one attached hydrogen (secondary N) is 1. The van der Waals surface area contributed by atoms with Crippen LogP contribution in [0.5, 0.6) is 0 Å². The summed E-state index contributed by atoms with van der Waals surface area (Å²) in [7, 11) is 1.94. The summed E-state index contributed by atoms with van der Waals surface area (Å²) in [6.07, 6.45) is 3.58. The van der Waals surface area contributed by atoms with Crippen LogP contribution in [-0.4, -0.2) is 27.5 Å². The van der Waals surface area contributed by atoms with Crippen LogP contribution in [0.4, 0.5) is 0 Å². The van der Waals surface area contributed by atoms with Gasteiger partial charge in [0, 0.05) is 25.4 Å². The van der Waals surface area contributed by atoms with Gasteiger partial charge in [-0.2, -0.15) is 5.10 Å². The lowest BCUT2D eigenvalue weighted by Crippen LogP contribution is -2.18. The maximum Gasteiger partial charge on any atom is 0.0666 e. The molecular formula is C11H21N3O. The molecule has 0 saturated carbocycles. The zero-order valence-corrected chi connectivity index (χ0v) is 9.82. The van der Waals surface area contributed by atoms with E-state index in [2.05, 4.69) is 17.3 Å². The molecule has 0 radical (unpaired) electrons. The van der Waals surface area contributed by atoms with Crippen LogP contribution >= 0.6 is 0 Å². The van der Waals surface area contributed by atoms with Crippen molar-refractivity contribution in [2.45, 2.75) is 39.3 Å². The number of aromatic nitrogens is 2. The number of hydrogen-bond acceptors (Lipinski definition) is 3. The van der Waals surface area contributed by atoms with Gasteiger partial charge < -0.3 is 10.4 Å². The Hall–Kier alpha value is -0.870. The Morgan fingerprint density at radius 1 is 1.60 bits per heavy atom. The van der Waals surface area contributed by atoms with Crippen LogP contribution in [0.25, 0.3) is 0 Å². The number of aliphatic hydroxyl groups excluding tert-OH is 1. The van der Waals surface area contributed by atoms with Gasteiger partial charge in [0.1, 0.15) is 0 Å². The number of hydrogen-bond donors (Lipinski definition) is 2. The van der Waals surface area contributed by atoms with Crippen LogP contribution in [0.15, 0.2) is 6.20 Å². The first-order valence-electron chi connectivity index (χ1n) is 5.53. The number of aliphatic hydroxyl groups is 1. The van der Waals surface area contributed by atoms with Crippen molar-refractivity contribution < 1.29 is 5.11 Å². The molecule has 0 aliphatic rings. The third-order valence-corrected chi connectivity index (χ3v) is 2.38. The molecule has 4 nitrogen and oxygen atoms in total. The zero-order valence-electron chi connectivity index (χ0n) is 9.82. The minimum atomic E-state index is -0.225. The number of rotatable bonds is 6. The molecule has 0 spiro atoms. The summed E-state index contributed by atoms with van der Waals surface area (Å²) in [6, 6.07) is 0. The van der Waals surface area contributed by atoms with E-state index in [1.807, 2.05) is 24.9 Å². The van der Waals surface area contributed by atoms with Crippen molar-refractivity contribution in [3.63, 3.8) is 0 Å². The number of nitrogens with zero attached hydrogens (tertiary/aromatic N) is 2. The van der Waals surface area contributed by atoms with E-state index in [9.17, 15) is 0 Å². The van der Waals surface area contributed by atoms with Crippen LogP contribution in [0.3, 0.4) is 0 Å². The topological polar surface area (TPSA) is 50.1 Å². The Labute approximate surface area is 91.3 Å². The Balaban J connectivity index is 2.36. The Morgan fingerprint density at radius 2 is 2.33 bits per heavy atom. The first kappa shape index (κ1) is 12.2. The van der Waals surface area contributed by atoms with Gasteiger partial charge >= 0.3 is 0 Å². The van der Waals surface area contributed by atoms with Crippen LogP contribution in [0, 0.1) is 0 Å². The van der Waals surface area contributed by atoms with Crippen molar-refractivity contribution in [1.29, 1.82) is 0 Å². The Morgan fingerprint density at radius 3 is 2.93 bits per heavy atom. The van der Waals surface area contributed by atoms with E-state index in [0.717, 1.165) is 31.6 Å². The summed E-state index contributed by atoms with van der Waals surface area (Å²) in [4.78, 5) is 0. The highest BCUT2D eigenvalue weighted by atomic mass is 16.3. The lowest BCUT2D eigenvalue weighted by molar-refractivity contribution is 0.183. The highest BCUT2D eigenvalue weighted by Crippen LogP contribution is 2.06. The molecule has 1 atom stereocenters. The van der Waals surface area contributed by atoms with Gasteiger partial charge in [-0.1, -0.05) is 6.92 Å². The summed E-state index contributed by atoms with van der Waals surface area (Å²) in [5, 5.41) is 16.8.